The summed E-state index contributed by atoms with van der Waals surface area (Å²) < 4.78 is 56.2. The maximum absolute atomic E-state index is 13.1. The van der Waals surface area contributed by atoms with Crippen molar-refractivity contribution in [2.75, 3.05) is 62.2 Å². The summed E-state index contributed by atoms with van der Waals surface area (Å²) in [6, 6.07) is 35.2. The van der Waals surface area contributed by atoms with Gasteiger partial charge in [0.25, 0.3) is 0 Å². The van der Waals surface area contributed by atoms with Crippen LogP contribution < -0.4 is 15.1 Å². The summed E-state index contributed by atoms with van der Waals surface area (Å²) in [7, 11) is -7.23. The van der Waals surface area contributed by atoms with Gasteiger partial charge in [-0.05, 0) is 61.0 Å². The van der Waals surface area contributed by atoms with E-state index in [2.05, 4.69) is 64.0 Å². The first-order chi connectivity index (χ1) is 29.9. The largest absolute Gasteiger partial charge is 0.434 e. The highest BCUT2D eigenvalue weighted by Crippen LogP contribution is 2.30. The van der Waals surface area contributed by atoms with Crippen molar-refractivity contribution in [1.29, 1.82) is 0 Å². The number of aromatic nitrogens is 4. The molecule has 14 nitrogen and oxygen atoms in total. The van der Waals surface area contributed by atoms with E-state index in [9.17, 15) is 21.6 Å². The van der Waals surface area contributed by atoms with Gasteiger partial charge in [0.1, 0.15) is 32.5 Å². The van der Waals surface area contributed by atoms with Crippen LogP contribution in [0, 0.1) is 0 Å². The second-order valence-corrected chi connectivity index (χ2v) is 19.2. The van der Waals surface area contributed by atoms with Crippen LogP contribution in [0.25, 0.3) is 22.1 Å². The van der Waals surface area contributed by atoms with Crippen LogP contribution in [-0.4, -0.2) is 105 Å². The topological polar surface area (TPSA) is 174 Å². The third-order valence-electron chi connectivity index (χ3n) is 10.3. The Morgan fingerprint density at radius 1 is 0.636 bits per heavy atom. The number of H-pyrrole nitrogens is 2. The number of fused-ring (bicyclic) bond motifs is 2. The summed E-state index contributed by atoms with van der Waals surface area (Å²) in [5.41, 5.74) is 2.25. The van der Waals surface area contributed by atoms with E-state index >= 15 is 0 Å². The van der Waals surface area contributed by atoms with Gasteiger partial charge in [0.05, 0.1) is 20.8 Å². The first-order valence-corrected chi connectivity index (χ1v) is 23.7. The molecule has 2 aliphatic heterocycles. The number of aromatic amines is 2. The lowest BCUT2D eigenvalue weighted by molar-refractivity contribution is 0.166. The van der Waals surface area contributed by atoms with Crippen LogP contribution in [0.4, 0.5) is 16.4 Å². The highest BCUT2D eigenvalue weighted by atomic mass is 35.5. The van der Waals surface area contributed by atoms with Crippen LogP contribution in [0.15, 0.2) is 147 Å². The molecular formula is C46H56Cl4N8O6S2. The number of hydrogen-bond acceptors (Lipinski definition) is 12. The van der Waals surface area contributed by atoms with Crippen LogP contribution in [0.3, 0.4) is 0 Å². The second kappa shape index (κ2) is 25.3. The molecule has 0 radical (unpaired) electrons. The molecule has 0 saturated carbocycles. The van der Waals surface area contributed by atoms with Crippen molar-refractivity contribution in [3.05, 3.63) is 133 Å². The molecule has 6 heterocycles. The molecule has 9 rings (SSSR count). The lowest BCUT2D eigenvalue weighted by atomic mass is 10.2. The molecule has 4 aromatic heterocycles. The van der Waals surface area contributed by atoms with E-state index in [4.69, 9.17) is 28.2 Å². The number of nitrogens with zero attached hydrogens (tertiary/aromatic N) is 5. The summed E-state index contributed by atoms with van der Waals surface area (Å²) in [6.45, 7) is 9.58. The number of pyridine rings is 2. The second-order valence-electron chi connectivity index (χ2n) is 14.5. The Balaban J connectivity index is 0.000000297. The van der Waals surface area contributed by atoms with Crippen molar-refractivity contribution < 1.29 is 26.4 Å². The first kappa shape index (κ1) is 55.4. The smallest absolute Gasteiger partial charge is 0.405 e. The van der Waals surface area contributed by atoms with Crippen molar-refractivity contribution in [2.45, 2.75) is 53.5 Å². The summed E-state index contributed by atoms with van der Waals surface area (Å²) >= 11 is 9.87. The Kier molecular flexibility index (Phi) is 21.2. The molecule has 3 N–H and O–H groups in total. The number of nitrogens with one attached hydrogen (secondary N) is 3. The van der Waals surface area contributed by atoms with Gasteiger partial charge in [0, 0.05) is 82.9 Å². The fourth-order valence-corrected chi connectivity index (χ4v) is 10.2. The fraction of sp³-hybridized carbons (Fsp3) is 0.283. The van der Waals surface area contributed by atoms with Gasteiger partial charge in [-0.3, -0.25) is 4.90 Å². The molecule has 1 unspecified atom stereocenters. The average Bonchev–Trinajstić information content (AvgIpc) is 3.93. The van der Waals surface area contributed by atoms with E-state index in [0.717, 1.165) is 81.6 Å². The summed E-state index contributed by atoms with van der Waals surface area (Å²) in [5, 5.41) is 3.30. The third kappa shape index (κ3) is 13.6. The van der Waals surface area contributed by atoms with Gasteiger partial charge >= 0.3 is 5.43 Å². The number of ether oxygens (including phenoxy) is 1. The number of alkyl halides is 1. The van der Waals surface area contributed by atoms with Gasteiger partial charge < -0.3 is 29.8 Å². The number of carbonyl (C=O) groups is 1. The van der Waals surface area contributed by atoms with E-state index in [1.807, 2.05) is 36.4 Å². The molecule has 2 fully saturated rings. The molecule has 3 aromatic carbocycles. The van der Waals surface area contributed by atoms with Crippen LogP contribution >= 0.6 is 48.0 Å². The van der Waals surface area contributed by atoms with Crippen LogP contribution in [-0.2, 0) is 31.0 Å². The Hall–Kier alpha value is -4.91. The molecule has 66 heavy (non-hydrogen) atoms. The van der Waals surface area contributed by atoms with E-state index in [0.29, 0.717) is 11.0 Å². The molecular weight excluding hydrogens is 967 g/mol. The van der Waals surface area contributed by atoms with Gasteiger partial charge in [0.15, 0.2) is 5.56 Å². The molecule has 0 bridgehead atoms. The van der Waals surface area contributed by atoms with Crippen LogP contribution in [0.5, 0.6) is 0 Å². The number of carbonyl (C=O) groups excluding carboxylic acids is 1. The highest BCUT2D eigenvalue weighted by Gasteiger charge is 2.26. The Bertz CT molecular complexity index is 2810. The van der Waals surface area contributed by atoms with Crippen LogP contribution in [0.1, 0.15) is 27.3 Å². The average molecular weight is 1020 g/mol. The number of halogens is 4. The molecule has 7 aromatic rings. The van der Waals surface area contributed by atoms with Crippen LogP contribution in [0.2, 0.25) is 0 Å². The quantitative estimate of drug-likeness (QED) is 0.0925. The zero-order chi connectivity index (χ0) is 43.7. The van der Waals surface area contributed by atoms with E-state index < -0.39 is 30.7 Å². The highest BCUT2D eigenvalue weighted by molar-refractivity contribution is 7.92. The number of piperazine rings is 2. The van der Waals surface area contributed by atoms with E-state index in [1.165, 1.54) is 18.7 Å². The lowest BCUT2D eigenvalue weighted by Crippen LogP contribution is -2.46. The SMILES string of the molecule is C.C.CC(Cl)OC(=O)Cl.Cl.Cl.O=S(=O)(c1ccccc1)c1c[nH]c2ccc(N3CCN(Cc4ccccc4)CC3)nc12.O=S(=O)(c1ccccc1)c1c[nH]c2ccc(N3CCNCC3)nc12. The number of anilines is 2. The number of benzene rings is 3. The summed E-state index contributed by atoms with van der Waals surface area (Å²) in [4.78, 5) is 33.0. The van der Waals surface area contributed by atoms with Gasteiger partial charge in [0.2, 0.25) is 19.7 Å². The predicted octanol–water partition coefficient (Wildman–Crippen LogP) is 9.59. The maximum atomic E-state index is 13.1. The molecule has 1 atom stereocenters. The van der Waals surface area contributed by atoms with E-state index in [-0.39, 0.29) is 59.2 Å². The van der Waals surface area contributed by atoms with Gasteiger partial charge in [-0.25, -0.2) is 31.6 Å². The van der Waals surface area contributed by atoms with Crippen molar-refractivity contribution in [2.24, 2.45) is 0 Å². The zero-order valence-corrected chi connectivity index (χ0v) is 39.4. The Morgan fingerprint density at radius 3 is 1.44 bits per heavy atom. The number of sulfone groups is 2. The van der Waals surface area contributed by atoms with Crippen molar-refractivity contribution >= 4 is 107 Å². The Labute approximate surface area is 409 Å². The Morgan fingerprint density at radius 2 is 1.05 bits per heavy atom. The molecule has 0 amide bonds. The lowest BCUT2D eigenvalue weighted by Gasteiger charge is -2.35. The number of rotatable bonds is 9. The summed E-state index contributed by atoms with van der Waals surface area (Å²) in [5.74, 6) is 1.63. The monoisotopic (exact) mass is 1020 g/mol. The molecule has 2 aliphatic rings. The van der Waals surface area contributed by atoms with Crippen molar-refractivity contribution in [1.82, 2.24) is 30.2 Å². The molecule has 20 heteroatoms. The molecule has 0 aliphatic carbocycles. The molecule has 2 saturated heterocycles. The van der Waals surface area contributed by atoms with E-state index in [1.54, 1.807) is 60.8 Å². The summed E-state index contributed by atoms with van der Waals surface area (Å²) in [6.07, 6.45) is 3.07. The minimum atomic E-state index is -3.63. The zero-order valence-electron chi connectivity index (χ0n) is 34.6. The fourth-order valence-electron chi connectivity index (χ4n) is 7.14. The van der Waals surface area contributed by atoms with Crippen molar-refractivity contribution in [3.8, 4) is 0 Å². The normalized spacial score (nSPS) is 14.3. The van der Waals surface area contributed by atoms with Gasteiger partial charge in [-0.1, -0.05) is 93.2 Å². The van der Waals surface area contributed by atoms with Crippen molar-refractivity contribution in [3.63, 3.8) is 0 Å². The molecule has 356 valence electrons. The number of hydrogen-bond donors (Lipinski definition) is 3. The molecule has 0 spiro atoms. The first-order valence-electron chi connectivity index (χ1n) is 19.9. The van der Waals surface area contributed by atoms with Gasteiger partial charge in [-0.15, -0.1) is 24.8 Å². The maximum Gasteiger partial charge on any atom is 0.405 e. The third-order valence-corrected chi connectivity index (χ3v) is 14.0. The minimum Gasteiger partial charge on any atom is -0.434 e. The minimum absolute atomic E-state index is 0. The predicted molar refractivity (Wildman–Crippen MR) is 271 cm³/mol. The standard InChI is InChI=1S/C24H24N4O2S.C17H18N4O2S.C3H4Cl2O2.2CH4.2ClH/c29-31(30,20-9-5-2-6-10-20)22-17-25-21-11-12-23(26-24(21)22)28-15-13-27(14-16-28)18-19-7-3-1-4-8-19;22-24(23,13-4-2-1-3-5-13)15-12-19-14-6-7-16(20-17(14)15)21-10-8-18-9-11-21;1-2(4)7-3(5)6;;;;/h1-12,17,25H,13-16,18H2;1-7,12,18-19H,8-11H2;2H,1H3;2*1H4;2*1H. The van der Waals surface area contributed by atoms with Gasteiger partial charge in [-0.2, -0.15) is 0 Å².